The van der Waals surface area contributed by atoms with Gasteiger partial charge < -0.3 is 33.9 Å². The van der Waals surface area contributed by atoms with E-state index in [2.05, 4.69) is 31.9 Å². The molecule has 0 amide bonds. The van der Waals surface area contributed by atoms with Crippen LogP contribution in [0.5, 0.6) is 23.0 Å². The highest BCUT2D eigenvalue weighted by molar-refractivity contribution is 9.10. The Hall–Kier alpha value is -4.44. The Morgan fingerprint density at radius 2 is 0.984 bits per heavy atom. The van der Waals surface area contributed by atoms with Gasteiger partial charge in [-0.05, 0) is 136 Å². The number of carboxylic acids is 1. The highest BCUT2D eigenvalue weighted by Gasteiger charge is 2.13. The molecule has 0 spiro atoms. The Morgan fingerprint density at radius 3 is 1.39 bits per heavy atom. The van der Waals surface area contributed by atoms with Crippen molar-refractivity contribution in [3.63, 3.8) is 0 Å². The van der Waals surface area contributed by atoms with E-state index in [1.807, 2.05) is 0 Å². The summed E-state index contributed by atoms with van der Waals surface area (Å²) in [5, 5.41) is 17.4. The first kappa shape index (κ1) is 52.7. The van der Waals surface area contributed by atoms with Crippen molar-refractivity contribution >= 4 is 78.9 Å². The van der Waals surface area contributed by atoms with Crippen molar-refractivity contribution in [1.29, 1.82) is 0 Å². The summed E-state index contributed by atoms with van der Waals surface area (Å²) >= 11 is 17.1. The van der Waals surface area contributed by atoms with E-state index in [0.29, 0.717) is 58.3 Å². The van der Waals surface area contributed by atoms with Gasteiger partial charge in [-0.25, -0.2) is 18.4 Å². The molecule has 0 aliphatic rings. The SMILES string of the molecule is O=C(CCCl)OCCCCCCOc1ccc(C(=O)O)cc1.O=C(CCCl)OCCCCCCOc1ccc(C(=O)Oc2ccc(Br)cc2F)cc1.Oc1ccc(Br)cc1F. The number of ether oxygens (including phenoxy) is 5. The summed E-state index contributed by atoms with van der Waals surface area (Å²) in [5.74, 6) is -1.90. The molecule has 0 bridgehead atoms. The molecular weight excluding hydrogens is 973 g/mol. The predicted molar refractivity (Wildman–Crippen MR) is 235 cm³/mol. The van der Waals surface area contributed by atoms with E-state index in [1.54, 1.807) is 48.5 Å². The summed E-state index contributed by atoms with van der Waals surface area (Å²) in [7, 11) is 0. The standard InChI is InChI=1S/C22H23BrClFO5.C16H21ClO5.C6H4BrFO/c23-17-7-10-20(19(25)15-17)30-22(27)16-5-8-18(9-6-16)28-13-3-1-2-4-14-29-21(26)11-12-24;17-10-9-15(18)22-12-4-2-1-3-11-21-14-7-5-13(6-8-14)16(19)20;7-4-1-2-6(9)5(8)3-4/h5-10,15H,1-4,11-14H2;5-8H,1-4,9-12H2,(H,19,20);1-3,9H. The number of carboxylic acid groups (broad SMARTS) is 1. The van der Waals surface area contributed by atoms with Gasteiger partial charge in [-0.3, -0.25) is 9.59 Å². The molecule has 0 saturated heterocycles. The van der Waals surface area contributed by atoms with Gasteiger partial charge in [-0.2, -0.15) is 0 Å². The lowest BCUT2D eigenvalue weighted by atomic mass is 10.2. The zero-order valence-electron chi connectivity index (χ0n) is 33.2. The van der Waals surface area contributed by atoms with Crippen molar-refractivity contribution < 1.29 is 61.9 Å². The van der Waals surface area contributed by atoms with Crippen molar-refractivity contribution in [2.45, 2.75) is 64.2 Å². The maximum atomic E-state index is 13.8. The van der Waals surface area contributed by atoms with Gasteiger partial charge >= 0.3 is 23.9 Å². The van der Waals surface area contributed by atoms with E-state index in [9.17, 15) is 28.0 Å². The molecule has 0 radical (unpaired) electrons. The third-order valence-corrected chi connectivity index (χ3v) is 9.30. The van der Waals surface area contributed by atoms with Crippen LogP contribution < -0.4 is 14.2 Å². The lowest BCUT2D eigenvalue weighted by Gasteiger charge is -2.08. The molecule has 4 aromatic rings. The quantitative estimate of drug-likeness (QED) is 0.0316. The van der Waals surface area contributed by atoms with Crippen molar-refractivity contribution in [3.05, 3.63) is 117 Å². The smallest absolute Gasteiger partial charge is 0.343 e. The number of hydrogen-bond acceptors (Lipinski definition) is 10. The number of unbranched alkanes of at least 4 members (excludes halogenated alkanes) is 6. The number of phenols is 1. The second-order valence-electron chi connectivity index (χ2n) is 12.8. The molecule has 0 aromatic heterocycles. The van der Waals surface area contributed by atoms with Crippen LogP contribution in [0.3, 0.4) is 0 Å². The van der Waals surface area contributed by atoms with Crippen LogP contribution >= 0.6 is 55.1 Å². The first-order chi connectivity index (χ1) is 29.3. The third kappa shape index (κ3) is 24.0. The highest BCUT2D eigenvalue weighted by Crippen LogP contribution is 2.23. The fraction of sp³-hybridized carbons (Fsp3) is 0.364. The first-order valence-corrected chi connectivity index (χ1v) is 21.9. The summed E-state index contributed by atoms with van der Waals surface area (Å²) in [5.41, 5.74) is 0.546. The average molecular weight is 1020 g/mol. The van der Waals surface area contributed by atoms with Crippen LogP contribution in [-0.4, -0.2) is 72.3 Å². The minimum absolute atomic E-state index is 0.127. The van der Waals surface area contributed by atoms with Crippen LogP contribution in [-0.2, 0) is 19.1 Å². The molecule has 0 aliphatic carbocycles. The molecule has 4 aromatic carbocycles. The van der Waals surface area contributed by atoms with Gasteiger partial charge in [0.05, 0.1) is 50.4 Å². The van der Waals surface area contributed by atoms with Crippen LogP contribution in [0.4, 0.5) is 8.78 Å². The van der Waals surface area contributed by atoms with Crippen molar-refractivity contribution in [3.8, 4) is 23.0 Å². The maximum Gasteiger partial charge on any atom is 0.343 e. The van der Waals surface area contributed by atoms with Crippen molar-refractivity contribution in [1.82, 2.24) is 0 Å². The summed E-state index contributed by atoms with van der Waals surface area (Å²) in [4.78, 5) is 45.0. The number of phenolic OH excluding ortho intramolecular Hbond substituents is 1. The number of esters is 3. The average Bonchev–Trinajstić information content (AvgIpc) is 3.23. The minimum atomic E-state index is -0.946. The van der Waals surface area contributed by atoms with Crippen LogP contribution in [0.25, 0.3) is 0 Å². The molecule has 61 heavy (non-hydrogen) atoms. The van der Waals surface area contributed by atoms with E-state index in [-0.39, 0.29) is 47.7 Å². The third-order valence-electron chi connectivity index (χ3n) is 7.94. The summed E-state index contributed by atoms with van der Waals surface area (Å²) in [6, 6.07) is 21.1. The molecule has 0 fully saturated rings. The Kier molecular flexibility index (Phi) is 27.1. The highest BCUT2D eigenvalue weighted by atomic mass is 79.9. The molecule has 4 rings (SSSR count). The molecule has 0 atom stereocenters. The lowest BCUT2D eigenvalue weighted by Crippen LogP contribution is -2.09. The number of hydrogen-bond donors (Lipinski definition) is 2. The summed E-state index contributed by atoms with van der Waals surface area (Å²) < 4.78 is 53.5. The number of carbonyl (C=O) groups excluding carboxylic acids is 3. The van der Waals surface area contributed by atoms with Crippen LogP contribution in [0.1, 0.15) is 84.9 Å². The molecule has 2 N–H and O–H groups in total. The summed E-state index contributed by atoms with van der Waals surface area (Å²) in [6.45, 7) is 1.98. The number of halogens is 6. The number of aromatic hydroxyl groups is 1. The second-order valence-corrected chi connectivity index (χ2v) is 15.3. The normalized spacial score (nSPS) is 10.3. The fourth-order valence-corrected chi connectivity index (χ4v) is 5.72. The van der Waals surface area contributed by atoms with Crippen LogP contribution in [0.15, 0.2) is 93.9 Å². The largest absolute Gasteiger partial charge is 0.505 e. The first-order valence-electron chi connectivity index (χ1n) is 19.3. The molecule has 0 heterocycles. The second kappa shape index (κ2) is 31.4. The Labute approximate surface area is 380 Å². The zero-order valence-corrected chi connectivity index (χ0v) is 37.9. The monoisotopic (exact) mass is 1020 g/mol. The zero-order chi connectivity index (χ0) is 44.8. The van der Waals surface area contributed by atoms with E-state index >= 15 is 0 Å². The minimum Gasteiger partial charge on any atom is -0.505 e. The Balaban J connectivity index is 0.000000359. The number of aromatic carboxylic acids is 1. The molecule has 0 saturated carbocycles. The lowest BCUT2D eigenvalue weighted by molar-refractivity contribution is -0.144. The molecule has 17 heteroatoms. The van der Waals surface area contributed by atoms with Gasteiger partial charge in [0.1, 0.15) is 11.5 Å². The summed E-state index contributed by atoms with van der Waals surface area (Å²) in [6.07, 6.45) is 7.76. The van der Waals surface area contributed by atoms with E-state index in [1.165, 1.54) is 36.4 Å². The van der Waals surface area contributed by atoms with Crippen LogP contribution in [0.2, 0.25) is 0 Å². The van der Waals surface area contributed by atoms with Gasteiger partial charge in [-0.15, -0.1) is 23.2 Å². The number of carbonyl (C=O) groups is 4. The molecule has 332 valence electrons. The van der Waals surface area contributed by atoms with E-state index in [0.717, 1.165) is 51.4 Å². The van der Waals surface area contributed by atoms with Gasteiger partial charge in [0.25, 0.3) is 0 Å². The molecule has 0 unspecified atom stereocenters. The number of alkyl halides is 2. The predicted octanol–water partition coefficient (Wildman–Crippen LogP) is 11.7. The number of benzene rings is 4. The fourth-order valence-electron chi connectivity index (χ4n) is 4.75. The van der Waals surface area contributed by atoms with Crippen molar-refractivity contribution in [2.24, 2.45) is 0 Å². The van der Waals surface area contributed by atoms with Gasteiger partial charge in [0.2, 0.25) is 0 Å². The molecular formula is C44H48Br2Cl2F2O11. The Bertz CT molecular complexity index is 1920. The maximum absolute atomic E-state index is 13.8. The topological polar surface area (TPSA) is 155 Å². The number of rotatable bonds is 23. The van der Waals surface area contributed by atoms with Gasteiger partial charge in [-0.1, -0.05) is 31.9 Å². The van der Waals surface area contributed by atoms with E-state index < -0.39 is 23.6 Å². The molecule has 0 aliphatic heterocycles. The Morgan fingerprint density at radius 1 is 0.557 bits per heavy atom. The van der Waals surface area contributed by atoms with Gasteiger partial charge in [0, 0.05) is 20.7 Å². The van der Waals surface area contributed by atoms with Crippen molar-refractivity contribution in [2.75, 3.05) is 38.2 Å². The van der Waals surface area contributed by atoms with Gasteiger partial charge in [0.15, 0.2) is 23.1 Å². The van der Waals surface area contributed by atoms with Crippen LogP contribution in [0, 0.1) is 11.6 Å². The van der Waals surface area contributed by atoms with E-state index in [4.69, 9.17) is 57.1 Å². The molecule has 11 nitrogen and oxygen atoms in total.